The average Bonchev–Trinajstić information content (AvgIpc) is 2.62. The molecule has 4 heteroatoms. The van der Waals surface area contributed by atoms with E-state index in [1.165, 1.54) is 0 Å². The van der Waals surface area contributed by atoms with E-state index in [9.17, 15) is 10.2 Å². The zero-order valence-corrected chi connectivity index (χ0v) is 15.2. The van der Waals surface area contributed by atoms with E-state index >= 15 is 0 Å². The van der Waals surface area contributed by atoms with Crippen LogP contribution in [0.25, 0.3) is 22.4 Å². The molecule has 0 saturated heterocycles. The minimum absolute atomic E-state index is 0.0580. The lowest BCUT2D eigenvalue weighted by molar-refractivity contribution is 0.454. The Hall–Kier alpha value is -2.88. The fourth-order valence-corrected chi connectivity index (χ4v) is 3.27. The second-order valence-corrected chi connectivity index (χ2v) is 6.57. The predicted molar refractivity (Wildman–Crippen MR) is 104 cm³/mol. The summed E-state index contributed by atoms with van der Waals surface area (Å²) < 4.78 is 0. The third-order valence-electron chi connectivity index (χ3n) is 4.54. The Morgan fingerprint density at radius 1 is 1.00 bits per heavy atom. The lowest BCUT2D eigenvalue weighted by Gasteiger charge is -2.17. The fourth-order valence-electron chi connectivity index (χ4n) is 3.27. The number of benzene rings is 2. The zero-order valence-electron chi connectivity index (χ0n) is 15.2. The van der Waals surface area contributed by atoms with Gasteiger partial charge in [0.1, 0.15) is 11.5 Å². The summed E-state index contributed by atoms with van der Waals surface area (Å²) in [6.07, 6.45) is 8.85. The zero-order chi connectivity index (χ0) is 18.5. The smallest absolute Gasteiger partial charge is 0.136 e. The summed E-state index contributed by atoms with van der Waals surface area (Å²) in [5.74, 6) is 0.148. The molecular weight excluding hydrogens is 324 g/mol. The highest BCUT2D eigenvalue weighted by Gasteiger charge is 2.21. The summed E-state index contributed by atoms with van der Waals surface area (Å²) in [6, 6.07) is 9.50. The average molecular weight is 348 g/mol. The van der Waals surface area contributed by atoms with Gasteiger partial charge in [0.25, 0.3) is 0 Å². The molecule has 0 aliphatic carbocycles. The maximum Gasteiger partial charge on any atom is 0.136 e. The molecule has 0 radical (unpaired) electrons. The molecule has 2 N–H and O–H groups in total. The van der Waals surface area contributed by atoms with Crippen molar-refractivity contribution >= 4 is 0 Å². The molecule has 26 heavy (non-hydrogen) atoms. The molecule has 2 aromatic carbocycles. The van der Waals surface area contributed by atoms with Crippen molar-refractivity contribution in [2.75, 3.05) is 0 Å². The third kappa shape index (κ3) is 3.69. The number of aromatic nitrogens is 2. The number of rotatable bonds is 6. The highest BCUT2D eigenvalue weighted by molar-refractivity contribution is 5.86. The normalized spacial score (nSPS) is 10.8. The van der Waals surface area contributed by atoms with Crippen LogP contribution in [0.2, 0.25) is 0 Å². The summed E-state index contributed by atoms with van der Waals surface area (Å²) in [5, 5.41) is 21.7. The van der Waals surface area contributed by atoms with Crippen LogP contribution in [0, 0.1) is 6.92 Å². The molecule has 0 amide bonds. The quantitative estimate of drug-likeness (QED) is 0.596. The second kappa shape index (κ2) is 8.00. The van der Waals surface area contributed by atoms with Crippen molar-refractivity contribution in [2.24, 2.45) is 0 Å². The molecule has 4 nitrogen and oxygen atoms in total. The number of aromatic hydroxyl groups is 2. The number of hydrogen-bond acceptors (Lipinski definition) is 4. The van der Waals surface area contributed by atoms with Gasteiger partial charge in [-0.25, -0.2) is 0 Å². The van der Waals surface area contributed by atoms with E-state index in [1.54, 1.807) is 24.7 Å². The highest BCUT2D eigenvalue weighted by Crippen LogP contribution is 2.45. The van der Waals surface area contributed by atoms with Crippen molar-refractivity contribution in [3.05, 3.63) is 60.0 Å². The molecule has 0 atom stereocenters. The van der Waals surface area contributed by atoms with Crippen LogP contribution in [0.3, 0.4) is 0 Å². The molecule has 0 aliphatic heterocycles. The number of nitrogens with zero attached hydrogens (tertiary/aromatic N) is 2. The second-order valence-electron chi connectivity index (χ2n) is 6.57. The first-order chi connectivity index (χ1) is 12.6. The van der Waals surface area contributed by atoms with Crippen LogP contribution in [-0.4, -0.2) is 20.2 Å². The standard InChI is InChI=1S/C22H24N2O2/c1-3-4-5-8-17-13-19(25)21(16-9-6-7-15(2)12-16)22(26)20(17)18-14-23-10-11-24-18/h6-7,9-14,25-26H,3-5,8H2,1-2H3. The largest absolute Gasteiger partial charge is 0.507 e. The van der Waals surface area contributed by atoms with E-state index in [0.717, 1.165) is 42.4 Å². The Balaban J connectivity index is 2.19. The Morgan fingerprint density at radius 3 is 2.54 bits per heavy atom. The monoisotopic (exact) mass is 348 g/mol. The van der Waals surface area contributed by atoms with Gasteiger partial charge in [-0.2, -0.15) is 0 Å². The summed E-state index contributed by atoms with van der Waals surface area (Å²) in [4.78, 5) is 8.52. The lowest BCUT2D eigenvalue weighted by Crippen LogP contribution is -1.96. The molecule has 0 unspecified atom stereocenters. The minimum atomic E-state index is 0.0580. The molecular formula is C22H24N2O2. The van der Waals surface area contributed by atoms with E-state index in [4.69, 9.17) is 0 Å². The van der Waals surface area contributed by atoms with Gasteiger partial charge in [0.2, 0.25) is 0 Å². The molecule has 1 heterocycles. The molecule has 1 aromatic heterocycles. The van der Waals surface area contributed by atoms with Crippen molar-refractivity contribution in [1.29, 1.82) is 0 Å². The molecule has 0 spiro atoms. The first kappa shape index (κ1) is 17.9. The van der Waals surface area contributed by atoms with Crippen molar-refractivity contribution in [2.45, 2.75) is 39.5 Å². The van der Waals surface area contributed by atoms with Crippen LogP contribution in [-0.2, 0) is 6.42 Å². The first-order valence-electron chi connectivity index (χ1n) is 9.03. The van der Waals surface area contributed by atoms with Gasteiger partial charge in [0.05, 0.1) is 17.5 Å². The van der Waals surface area contributed by atoms with E-state index in [2.05, 4.69) is 16.9 Å². The van der Waals surface area contributed by atoms with Crippen LogP contribution in [0.4, 0.5) is 0 Å². The van der Waals surface area contributed by atoms with Crippen molar-refractivity contribution in [3.63, 3.8) is 0 Å². The van der Waals surface area contributed by atoms with E-state index in [0.29, 0.717) is 16.8 Å². The molecule has 0 aliphatic rings. The summed E-state index contributed by atoms with van der Waals surface area (Å²) in [6.45, 7) is 4.14. The van der Waals surface area contributed by atoms with Gasteiger partial charge in [-0.15, -0.1) is 0 Å². The SMILES string of the molecule is CCCCCc1cc(O)c(-c2cccc(C)c2)c(O)c1-c1cnccn1. The number of phenolic OH excluding ortho intramolecular Hbond substituents is 2. The van der Waals surface area contributed by atoms with Crippen LogP contribution in [0.5, 0.6) is 11.5 Å². The topological polar surface area (TPSA) is 66.2 Å². The van der Waals surface area contributed by atoms with Crippen molar-refractivity contribution < 1.29 is 10.2 Å². The molecule has 0 fully saturated rings. The van der Waals surface area contributed by atoms with Gasteiger partial charge in [-0.1, -0.05) is 49.6 Å². The summed E-state index contributed by atoms with van der Waals surface area (Å²) in [5.41, 5.74) is 4.45. The maximum atomic E-state index is 11.1. The van der Waals surface area contributed by atoms with Gasteiger partial charge in [0.15, 0.2) is 0 Å². The van der Waals surface area contributed by atoms with Crippen LogP contribution < -0.4 is 0 Å². The molecule has 134 valence electrons. The number of hydrogen-bond donors (Lipinski definition) is 2. The van der Waals surface area contributed by atoms with Crippen LogP contribution in [0.15, 0.2) is 48.9 Å². The molecule has 0 bridgehead atoms. The Kier molecular flexibility index (Phi) is 5.52. The third-order valence-corrected chi connectivity index (χ3v) is 4.54. The van der Waals surface area contributed by atoms with E-state index in [-0.39, 0.29) is 11.5 Å². The summed E-state index contributed by atoms with van der Waals surface area (Å²) >= 11 is 0. The minimum Gasteiger partial charge on any atom is -0.507 e. The Labute approximate surface area is 154 Å². The van der Waals surface area contributed by atoms with Crippen molar-refractivity contribution in [3.8, 4) is 33.9 Å². The molecule has 3 aromatic rings. The molecule has 3 rings (SSSR count). The Morgan fingerprint density at radius 2 is 1.85 bits per heavy atom. The van der Waals surface area contributed by atoms with Crippen molar-refractivity contribution in [1.82, 2.24) is 9.97 Å². The highest BCUT2D eigenvalue weighted by atomic mass is 16.3. The van der Waals surface area contributed by atoms with Gasteiger partial charge in [-0.3, -0.25) is 9.97 Å². The lowest BCUT2D eigenvalue weighted by atomic mass is 9.91. The number of phenols is 2. The molecule has 0 saturated carbocycles. The number of aryl methyl sites for hydroxylation is 2. The number of unbranched alkanes of at least 4 members (excludes halogenated alkanes) is 2. The predicted octanol–water partition coefficient (Wildman–Crippen LogP) is 5.26. The van der Waals surface area contributed by atoms with E-state index in [1.807, 2.05) is 31.2 Å². The Bertz CT molecular complexity index is 892. The maximum absolute atomic E-state index is 11.1. The van der Waals surface area contributed by atoms with Crippen LogP contribution in [0.1, 0.15) is 37.3 Å². The van der Waals surface area contributed by atoms with Gasteiger partial charge in [-0.05, 0) is 37.0 Å². The fraction of sp³-hybridized carbons (Fsp3) is 0.273. The van der Waals surface area contributed by atoms with Crippen LogP contribution >= 0.6 is 0 Å². The van der Waals surface area contributed by atoms with Gasteiger partial charge in [0, 0.05) is 18.0 Å². The van der Waals surface area contributed by atoms with Gasteiger partial charge >= 0.3 is 0 Å². The first-order valence-corrected chi connectivity index (χ1v) is 9.03. The van der Waals surface area contributed by atoms with Gasteiger partial charge < -0.3 is 10.2 Å². The van der Waals surface area contributed by atoms with E-state index < -0.39 is 0 Å². The summed E-state index contributed by atoms with van der Waals surface area (Å²) in [7, 11) is 0.